The second-order valence-electron chi connectivity index (χ2n) is 6.88. The van der Waals surface area contributed by atoms with Gasteiger partial charge in [0.2, 0.25) is 0 Å². The number of ether oxygens (including phenoxy) is 2. The highest BCUT2D eigenvalue weighted by atomic mass is 16.5. The molecule has 0 fully saturated rings. The van der Waals surface area contributed by atoms with Gasteiger partial charge in [0.25, 0.3) is 0 Å². The molecule has 3 aromatic rings. The van der Waals surface area contributed by atoms with Gasteiger partial charge in [-0.1, -0.05) is 24.3 Å². The number of anilines is 1. The highest BCUT2D eigenvalue weighted by Gasteiger charge is 2.14. The third-order valence-electron chi connectivity index (χ3n) is 4.25. The summed E-state index contributed by atoms with van der Waals surface area (Å²) in [5.74, 6) is 1.78. The zero-order valence-electron chi connectivity index (χ0n) is 17.0. The molecule has 0 saturated carbocycles. The molecular weight excluding hydrogens is 368 g/mol. The van der Waals surface area contributed by atoms with Gasteiger partial charge in [0.15, 0.2) is 17.3 Å². The van der Waals surface area contributed by atoms with Gasteiger partial charge in [-0.25, -0.2) is 9.48 Å². The van der Waals surface area contributed by atoms with E-state index in [1.165, 1.54) is 0 Å². The molecule has 152 valence electrons. The SMILES string of the molecule is COc1cc(C(C)NC(=O)Nc2ccn(-c3ccccc3)n2)ccc1OC(C)C. The third-order valence-corrected chi connectivity index (χ3v) is 4.25. The molecule has 2 N–H and O–H groups in total. The molecule has 1 aromatic heterocycles. The van der Waals surface area contributed by atoms with Gasteiger partial charge in [-0.05, 0) is 50.6 Å². The molecule has 7 nitrogen and oxygen atoms in total. The van der Waals surface area contributed by atoms with E-state index < -0.39 is 0 Å². The van der Waals surface area contributed by atoms with Crippen LogP contribution in [0.15, 0.2) is 60.8 Å². The molecule has 0 bridgehead atoms. The molecule has 0 aliphatic carbocycles. The van der Waals surface area contributed by atoms with Crippen molar-refractivity contribution in [2.75, 3.05) is 12.4 Å². The van der Waals surface area contributed by atoms with E-state index in [4.69, 9.17) is 9.47 Å². The first-order valence-corrected chi connectivity index (χ1v) is 9.49. The van der Waals surface area contributed by atoms with Crippen molar-refractivity contribution in [3.8, 4) is 17.2 Å². The fourth-order valence-corrected chi connectivity index (χ4v) is 2.85. The number of urea groups is 1. The van der Waals surface area contributed by atoms with Crippen molar-refractivity contribution >= 4 is 11.8 Å². The average Bonchev–Trinajstić information content (AvgIpc) is 3.16. The Labute approximate surface area is 170 Å². The molecule has 0 saturated heterocycles. The van der Waals surface area contributed by atoms with Crippen LogP contribution in [0.2, 0.25) is 0 Å². The lowest BCUT2D eigenvalue weighted by molar-refractivity contribution is 0.230. The monoisotopic (exact) mass is 394 g/mol. The topological polar surface area (TPSA) is 77.4 Å². The molecule has 1 unspecified atom stereocenters. The van der Waals surface area contributed by atoms with Crippen LogP contribution in [-0.2, 0) is 0 Å². The number of carbonyl (C=O) groups is 1. The van der Waals surface area contributed by atoms with Gasteiger partial charge in [-0.3, -0.25) is 5.32 Å². The van der Waals surface area contributed by atoms with E-state index in [0.29, 0.717) is 17.3 Å². The number of carbonyl (C=O) groups excluding carboxylic acids is 1. The second-order valence-corrected chi connectivity index (χ2v) is 6.88. The molecule has 0 spiro atoms. The lowest BCUT2D eigenvalue weighted by Crippen LogP contribution is -2.31. The van der Waals surface area contributed by atoms with Crippen LogP contribution >= 0.6 is 0 Å². The number of nitrogens with zero attached hydrogens (tertiary/aromatic N) is 2. The molecule has 3 rings (SSSR count). The second kappa shape index (κ2) is 9.14. The van der Waals surface area contributed by atoms with Gasteiger partial charge in [0.05, 0.1) is 24.9 Å². The quantitative estimate of drug-likeness (QED) is 0.616. The smallest absolute Gasteiger partial charge is 0.320 e. The summed E-state index contributed by atoms with van der Waals surface area (Å²) in [6.07, 6.45) is 1.85. The van der Waals surface area contributed by atoms with Gasteiger partial charge < -0.3 is 14.8 Å². The van der Waals surface area contributed by atoms with Gasteiger partial charge >= 0.3 is 6.03 Å². The predicted molar refractivity (Wildman–Crippen MR) is 113 cm³/mol. The predicted octanol–water partition coefficient (Wildman–Crippen LogP) is 4.55. The van der Waals surface area contributed by atoms with Crippen LogP contribution in [0.25, 0.3) is 5.69 Å². The normalized spacial score (nSPS) is 11.8. The summed E-state index contributed by atoms with van der Waals surface area (Å²) in [6, 6.07) is 16.5. The largest absolute Gasteiger partial charge is 0.493 e. The fraction of sp³-hybridized carbons (Fsp3) is 0.273. The average molecular weight is 394 g/mol. The Kier molecular flexibility index (Phi) is 6.39. The standard InChI is InChI=1S/C22H26N4O3/c1-15(2)29-19-11-10-17(14-20(19)28-4)16(3)23-22(27)24-21-12-13-26(25-21)18-8-6-5-7-9-18/h5-16H,1-4H3,(H2,23,24,25,27). The Morgan fingerprint density at radius 2 is 1.79 bits per heavy atom. The van der Waals surface area contributed by atoms with Crippen molar-refractivity contribution in [3.63, 3.8) is 0 Å². The van der Waals surface area contributed by atoms with Gasteiger partial charge in [0.1, 0.15) is 0 Å². The van der Waals surface area contributed by atoms with Gasteiger partial charge in [0, 0.05) is 12.3 Å². The minimum atomic E-state index is -0.336. The van der Waals surface area contributed by atoms with Gasteiger partial charge in [-0.2, -0.15) is 0 Å². The number of methoxy groups -OCH3 is 1. The Hall–Kier alpha value is -3.48. The van der Waals surface area contributed by atoms with Crippen LogP contribution in [0.4, 0.5) is 10.6 Å². The molecule has 0 radical (unpaired) electrons. The first kappa shape index (κ1) is 20.3. The van der Waals surface area contributed by atoms with Crippen LogP contribution in [0, 0.1) is 0 Å². The number of aromatic nitrogens is 2. The van der Waals surface area contributed by atoms with Crippen molar-refractivity contribution in [2.45, 2.75) is 32.9 Å². The van der Waals surface area contributed by atoms with Crippen LogP contribution in [0.3, 0.4) is 0 Å². The maximum absolute atomic E-state index is 12.4. The summed E-state index contributed by atoms with van der Waals surface area (Å²) in [6.45, 7) is 5.82. The molecule has 1 atom stereocenters. The highest BCUT2D eigenvalue weighted by molar-refractivity contribution is 5.88. The maximum Gasteiger partial charge on any atom is 0.320 e. The third kappa shape index (κ3) is 5.28. The molecule has 0 aliphatic heterocycles. The van der Waals surface area contributed by atoms with Crippen molar-refractivity contribution in [2.24, 2.45) is 0 Å². The highest BCUT2D eigenvalue weighted by Crippen LogP contribution is 2.31. The van der Waals surface area contributed by atoms with E-state index in [2.05, 4.69) is 15.7 Å². The zero-order chi connectivity index (χ0) is 20.8. The molecule has 7 heteroatoms. The minimum Gasteiger partial charge on any atom is -0.493 e. The van der Waals surface area contributed by atoms with Crippen molar-refractivity contribution in [1.82, 2.24) is 15.1 Å². The number of para-hydroxylation sites is 1. The number of rotatable bonds is 7. The molecule has 29 heavy (non-hydrogen) atoms. The summed E-state index contributed by atoms with van der Waals surface area (Å²) < 4.78 is 12.9. The van der Waals surface area contributed by atoms with Crippen LogP contribution < -0.4 is 20.1 Å². The van der Waals surface area contributed by atoms with Crippen LogP contribution in [0.1, 0.15) is 32.4 Å². The van der Waals surface area contributed by atoms with E-state index in [9.17, 15) is 4.79 Å². The van der Waals surface area contributed by atoms with Crippen molar-refractivity contribution in [3.05, 3.63) is 66.4 Å². The zero-order valence-corrected chi connectivity index (χ0v) is 17.0. The summed E-state index contributed by atoms with van der Waals surface area (Å²) in [4.78, 5) is 12.4. The van der Waals surface area contributed by atoms with Crippen LogP contribution in [-0.4, -0.2) is 29.0 Å². The van der Waals surface area contributed by atoms with E-state index >= 15 is 0 Å². The maximum atomic E-state index is 12.4. The molecule has 0 aliphatic rings. The molecular formula is C22H26N4O3. The summed E-state index contributed by atoms with van der Waals surface area (Å²) in [7, 11) is 1.60. The van der Waals surface area contributed by atoms with Crippen molar-refractivity contribution in [1.29, 1.82) is 0 Å². The minimum absolute atomic E-state index is 0.0479. The van der Waals surface area contributed by atoms with Crippen LogP contribution in [0.5, 0.6) is 11.5 Å². The Morgan fingerprint density at radius 3 is 2.48 bits per heavy atom. The van der Waals surface area contributed by atoms with E-state index in [1.807, 2.05) is 69.3 Å². The number of nitrogens with one attached hydrogen (secondary N) is 2. The summed E-state index contributed by atoms with van der Waals surface area (Å²) in [5.41, 5.74) is 1.83. The summed E-state index contributed by atoms with van der Waals surface area (Å²) >= 11 is 0. The first-order chi connectivity index (χ1) is 14.0. The first-order valence-electron chi connectivity index (χ1n) is 9.49. The lowest BCUT2D eigenvalue weighted by Gasteiger charge is -2.18. The summed E-state index contributed by atoms with van der Waals surface area (Å²) in [5, 5.41) is 10.0. The van der Waals surface area contributed by atoms with E-state index in [1.54, 1.807) is 24.1 Å². The number of amides is 2. The number of benzene rings is 2. The lowest BCUT2D eigenvalue weighted by atomic mass is 10.1. The van der Waals surface area contributed by atoms with E-state index in [-0.39, 0.29) is 18.2 Å². The molecule has 2 amide bonds. The Balaban J connectivity index is 1.63. The van der Waals surface area contributed by atoms with E-state index in [0.717, 1.165) is 11.3 Å². The Morgan fingerprint density at radius 1 is 1.03 bits per heavy atom. The Bertz CT molecular complexity index is 954. The number of hydrogen-bond donors (Lipinski definition) is 2. The fourth-order valence-electron chi connectivity index (χ4n) is 2.85. The molecule has 1 heterocycles. The number of hydrogen-bond acceptors (Lipinski definition) is 4. The van der Waals surface area contributed by atoms with Crippen molar-refractivity contribution < 1.29 is 14.3 Å². The van der Waals surface area contributed by atoms with Gasteiger partial charge in [-0.15, -0.1) is 5.10 Å². The molecule has 2 aromatic carbocycles.